The van der Waals surface area contributed by atoms with Crippen LogP contribution in [-0.2, 0) is 4.74 Å². The molecule has 1 fully saturated rings. The van der Waals surface area contributed by atoms with E-state index in [1.165, 1.54) is 29.7 Å². The summed E-state index contributed by atoms with van der Waals surface area (Å²) in [6, 6.07) is 9.29. The lowest BCUT2D eigenvalue weighted by molar-refractivity contribution is 0.0315. The van der Waals surface area contributed by atoms with Gasteiger partial charge in [-0.3, -0.25) is 0 Å². The Kier molecular flexibility index (Phi) is 5.54. The maximum Gasteiger partial charge on any atom is 0.0669 e. The van der Waals surface area contributed by atoms with Crippen LogP contribution in [0.2, 0.25) is 0 Å². The molecule has 1 heterocycles. The second kappa shape index (κ2) is 7.17. The molecule has 1 aromatic rings. The number of rotatable bonds is 5. The van der Waals surface area contributed by atoms with Crippen LogP contribution in [0.4, 0.5) is 0 Å². The van der Waals surface area contributed by atoms with E-state index < -0.39 is 0 Å². The molecular formula is C15H23NOS. The van der Waals surface area contributed by atoms with Gasteiger partial charge in [0, 0.05) is 23.3 Å². The van der Waals surface area contributed by atoms with E-state index in [-0.39, 0.29) is 0 Å². The summed E-state index contributed by atoms with van der Waals surface area (Å²) in [5.41, 5.74) is 1.34. The minimum absolute atomic E-state index is 0.422. The first-order valence-corrected chi connectivity index (χ1v) is 7.80. The Balaban J connectivity index is 1.82. The summed E-state index contributed by atoms with van der Waals surface area (Å²) in [5, 5.41) is 3.26. The highest BCUT2D eigenvalue weighted by Crippen LogP contribution is 2.24. The summed E-state index contributed by atoms with van der Waals surface area (Å²) in [5.74, 6) is 1.08. The van der Waals surface area contributed by atoms with E-state index in [0.717, 1.165) is 12.4 Å². The smallest absolute Gasteiger partial charge is 0.0669 e. The number of thioether (sulfide) groups is 1. The van der Waals surface area contributed by atoms with Crippen molar-refractivity contribution in [3.63, 3.8) is 0 Å². The van der Waals surface area contributed by atoms with Crippen LogP contribution >= 0.6 is 11.8 Å². The molecule has 0 amide bonds. The maximum absolute atomic E-state index is 5.75. The number of hydrogen-bond donors (Lipinski definition) is 1. The second-order valence-electron chi connectivity index (χ2n) is 4.88. The molecule has 0 spiro atoms. The zero-order valence-electron chi connectivity index (χ0n) is 11.3. The first-order chi connectivity index (χ1) is 8.79. The van der Waals surface area contributed by atoms with Gasteiger partial charge in [-0.15, -0.1) is 11.8 Å². The first kappa shape index (κ1) is 13.9. The lowest BCUT2D eigenvalue weighted by Crippen LogP contribution is -2.21. The van der Waals surface area contributed by atoms with Crippen molar-refractivity contribution in [1.82, 2.24) is 5.32 Å². The minimum Gasteiger partial charge on any atom is -0.377 e. The lowest BCUT2D eigenvalue weighted by atomic mass is 10.1. The Morgan fingerprint density at radius 1 is 1.33 bits per heavy atom. The van der Waals surface area contributed by atoms with Gasteiger partial charge in [0.2, 0.25) is 0 Å². The van der Waals surface area contributed by atoms with Gasteiger partial charge >= 0.3 is 0 Å². The van der Waals surface area contributed by atoms with Crippen molar-refractivity contribution < 1.29 is 4.74 Å². The van der Waals surface area contributed by atoms with Crippen molar-refractivity contribution in [2.45, 2.75) is 43.2 Å². The van der Waals surface area contributed by atoms with Gasteiger partial charge in [0.05, 0.1) is 6.10 Å². The van der Waals surface area contributed by atoms with E-state index in [1.807, 2.05) is 18.8 Å². The van der Waals surface area contributed by atoms with Crippen LogP contribution in [0.15, 0.2) is 29.2 Å². The zero-order valence-corrected chi connectivity index (χ0v) is 12.1. The molecule has 1 aromatic carbocycles. The van der Waals surface area contributed by atoms with Crippen LogP contribution in [0, 0.1) is 0 Å². The quantitative estimate of drug-likeness (QED) is 0.822. The fourth-order valence-electron chi connectivity index (χ4n) is 2.15. The van der Waals surface area contributed by atoms with Crippen LogP contribution in [-0.4, -0.2) is 25.5 Å². The molecule has 2 nitrogen and oxygen atoms in total. The molecule has 1 N–H and O–H groups in total. The fourth-order valence-corrected chi connectivity index (χ4v) is 3.12. The highest BCUT2D eigenvalue weighted by molar-refractivity contribution is 7.99. The third-order valence-electron chi connectivity index (χ3n) is 3.52. The second-order valence-corrected chi connectivity index (χ2v) is 5.97. The van der Waals surface area contributed by atoms with Crippen molar-refractivity contribution in [2.24, 2.45) is 0 Å². The molecule has 0 aliphatic carbocycles. The first-order valence-electron chi connectivity index (χ1n) is 6.81. The van der Waals surface area contributed by atoms with Crippen LogP contribution in [0.5, 0.6) is 0 Å². The van der Waals surface area contributed by atoms with Gasteiger partial charge in [0.15, 0.2) is 0 Å². The van der Waals surface area contributed by atoms with Gasteiger partial charge in [-0.1, -0.05) is 12.1 Å². The Morgan fingerprint density at radius 2 is 2.11 bits per heavy atom. The van der Waals surface area contributed by atoms with Gasteiger partial charge in [0.1, 0.15) is 0 Å². The summed E-state index contributed by atoms with van der Waals surface area (Å²) >= 11 is 1.91. The minimum atomic E-state index is 0.422. The SMILES string of the molecule is CNC(C)c1ccc(SCC2CCCCO2)cc1. The molecule has 3 heteroatoms. The summed E-state index contributed by atoms with van der Waals surface area (Å²) in [6.07, 6.45) is 4.24. The molecular weight excluding hydrogens is 242 g/mol. The molecule has 0 radical (unpaired) electrons. The topological polar surface area (TPSA) is 21.3 Å². The Bertz CT molecular complexity index is 346. The molecule has 0 bridgehead atoms. The zero-order chi connectivity index (χ0) is 12.8. The van der Waals surface area contributed by atoms with E-state index in [4.69, 9.17) is 4.74 Å². The van der Waals surface area contributed by atoms with Crippen molar-refractivity contribution in [3.05, 3.63) is 29.8 Å². The maximum atomic E-state index is 5.75. The van der Waals surface area contributed by atoms with Gasteiger partial charge in [0.25, 0.3) is 0 Å². The van der Waals surface area contributed by atoms with Gasteiger partial charge in [-0.2, -0.15) is 0 Å². The number of ether oxygens (including phenoxy) is 1. The van der Waals surface area contributed by atoms with Crippen molar-refractivity contribution in [2.75, 3.05) is 19.4 Å². The fraction of sp³-hybridized carbons (Fsp3) is 0.600. The molecule has 1 aliphatic rings. The highest BCUT2D eigenvalue weighted by atomic mass is 32.2. The van der Waals surface area contributed by atoms with Gasteiger partial charge in [-0.05, 0) is 50.9 Å². The van der Waals surface area contributed by atoms with Crippen LogP contribution < -0.4 is 5.32 Å². The Morgan fingerprint density at radius 3 is 2.72 bits per heavy atom. The molecule has 2 unspecified atom stereocenters. The molecule has 0 aromatic heterocycles. The van der Waals surface area contributed by atoms with Gasteiger partial charge < -0.3 is 10.1 Å². The van der Waals surface area contributed by atoms with Gasteiger partial charge in [-0.25, -0.2) is 0 Å². The third kappa shape index (κ3) is 4.01. The standard InChI is InChI=1S/C15H23NOS/c1-12(16-2)13-6-8-15(9-7-13)18-11-14-5-3-4-10-17-14/h6-9,12,14,16H,3-5,10-11H2,1-2H3. The summed E-state index contributed by atoms with van der Waals surface area (Å²) in [7, 11) is 1.99. The molecule has 100 valence electrons. The number of hydrogen-bond acceptors (Lipinski definition) is 3. The van der Waals surface area contributed by atoms with Crippen LogP contribution in [0.25, 0.3) is 0 Å². The Labute approximate surface area is 114 Å². The van der Waals surface area contributed by atoms with Crippen LogP contribution in [0.1, 0.15) is 37.8 Å². The number of nitrogens with one attached hydrogen (secondary N) is 1. The van der Waals surface area contributed by atoms with E-state index in [9.17, 15) is 0 Å². The van der Waals surface area contributed by atoms with E-state index in [1.54, 1.807) is 0 Å². The lowest BCUT2D eigenvalue weighted by Gasteiger charge is -2.22. The largest absolute Gasteiger partial charge is 0.377 e. The average molecular weight is 265 g/mol. The number of benzene rings is 1. The van der Waals surface area contributed by atoms with Crippen molar-refractivity contribution in [3.8, 4) is 0 Å². The Hall–Kier alpha value is -0.510. The molecule has 1 aliphatic heterocycles. The summed E-state index contributed by atoms with van der Waals surface area (Å²) in [4.78, 5) is 1.34. The van der Waals surface area contributed by atoms with E-state index in [0.29, 0.717) is 12.1 Å². The van der Waals surface area contributed by atoms with E-state index in [2.05, 4.69) is 36.5 Å². The molecule has 1 saturated heterocycles. The predicted octanol–water partition coefficient (Wildman–Crippen LogP) is 3.63. The van der Waals surface area contributed by atoms with Crippen LogP contribution in [0.3, 0.4) is 0 Å². The van der Waals surface area contributed by atoms with Crippen molar-refractivity contribution in [1.29, 1.82) is 0 Å². The summed E-state index contributed by atoms with van der Waals surface area (Å²) in [6.45, 7) is 3.13. The third-order valence-corrected chi connectivity index (χ3v) is 4.67. The molecule has 2 rings (SSSR count). The molecule has 2 atom stereocenters. The average Bonchev–Trinajstić information content (AvgIpc) is 2.46. The highest BCUT2D eigenvalue weighted by Gasteiger charge is 2.13. The summed E-state index contributed by atoms with van der Waals surface area (Å²) < 4.78 is 5.75. The predicted molar refractivity (Wildman–Crippen MR) is 78.2 cm³/mol. The van der Waals surface area contributed by atoms with Crippen molar-refractivity contribution >= 4 is 11.8 Å². The monoisotopic (exact) mass is 265 g/mol. The normalized spacial score (nSPS) is 21.8. The molecule has 0 saturated carbocycles. The van der Waals surface area contributed by atoms with E-state index >= 15 is 0 Å². The molecule has 18 heavy (non-hydrogen) atoms.